The van der Waals surface area contributed by atoms with E-state index in [4.69, 9.17) is 5.11 Å². The summed E-state index contributed by atoms with van der Waals surface area (Å²) in [5.74, 6) is -1.14. The minimum Gasteiger partial charge on any atom is -0.477 e. The van der Waals surface area contributed by atoms with E-state index in [1.807, 2.05) is 0 Å². The second-order valence-corrected chi connectivity index (χ2v) is 7.06. The highest BCUT2D eigenvalue weighted by atomic mass is 32.2. The molecule has 0 aliphatic carbocycles. The number of nitrogens with one attached hydrogen (secondary N) is 1. The van der Waals surface area contributed by atoms with Crippen molar-refractivity contribution in [3.05, 3.63) is 18.0 Å². The van der Waals surface area contributed by atoms with E-state index in [1.165, 1.54) is 28.2 Å². The summed E-state index contributed by atoms with van der Waals surface area (Å²) < 4.78 is 28.3. The van der Waals surface area contributed by atoms with Gasteiger partial charge in [0.15, 0.2) is 0 Å². The van der Waals surface area contributed by atoms with E-state index in [1.54, 1.807) is 6.92 Å². The molecule has 0 spiro atoms. The molecule has 21 heavy (non-hydrogen) atoms. The SMILES string of the molecule is CCN(C1CCNCC1)S(=O)(=O)c1cc(C(=O)O)n(C)c1. The van der Waals surface area contributed by atoms with Crippen LogP contribution in [0.3, 0.4) is 0 Å². The fourth-order valence-electron chi connectivity index (χ4n) is 2.74. The van der Waals surface area contributed by atoms with E-state index in [0.29, 0.717) is 6.54 Å². The predicted molar refractivity (Wildman–Crippen MR) is 77.8 cm³/mol. The van der Waals surface area contributed by atoms with Crippen LogP contribution in [0.4, 0.5) is 0 Å². The summed E-state index contributed by atoms with van der Waals surface area (Å²) in [5.41, 5.74) is -0.0325. The first-order valence-corrected chi connectivity index (χ1v) is 8.44. The monoisotopic (exact) mass is 315 g/mol. The fraction of sp³-hybridized carbons (Fsp3) is 0.615. The third-order valence-electron chi connectivity index (χ3n) is 3.83. The molecule has 8 heteroatoms. The Kier molecular flexibility index (Phi) is 4.70. The van der Waals surface area contributed by atoms with Gasteiger partial charge in [0.25, 0.3) is 0 Å². The van der Waals surface area contributed by atoms with Crippen LogP contribution in [-0.2, 0) is 17.1 Å². The van der Waals surface area contributed by atoms with Crippen LogP contribution in [0.5, 0.6) is 0 Å². The van der Waals surface area contributed by atoms with E-state index >= 15 is 0 Å². The van der Waals surface area contributed by atoms with Crippen LogP contribution >= 0.6 is 0 Å². The van der Waals surface area contributed by atoms with Gasteiger partial charge in [0.05, 0.1) is 0 Å². The topological polar surface area (TPSA) is 91.6 Å². The third kappa shape index (κ3) is 3.12. The van der Waals surface area contributed by atoms with Crippen LogP contribution < -0.4 is 5.32 Å². The normalized spacial score (nSPS) is 17.3. The highest BCUT2D eigenvalue weighted by Crippen LogP contribution is 2.23. The molecule has 0 saturated carbocycles. The van der Waals surface area contributed by atoms with Gasteiger partial charge in [-0.1, -0.05) is 6.92 Å². The zero-order valence-electron chi connectivity index (χ0n) is 12.2. The first kappa shape index (κ1) is 16.0. The summed E-state index contributed by atoms with van der Waals surface area (Å²) in [7, 11) is -2.13. The van der Waals surface area contributed by atoms with Gasteiger partial charge in [-0.3, -0.25) is 0 Å². The number of aromatic carboxylic acids is 1. The average Bonchev–Trinajstić information content (AvgIpc) is 2.83. The number of nitrogens with zero attached hydrogens (tertiary/aromatic N) is 2. The van der Waals surface area contributed by atoms with E-state index in [9.17, 15) is 13.2 Å². The highest BCUT2D eigenvalue weighted by Gasteiger charge is 2.32. The van der Waals surface area contributed by atoms with E-state index in [0.717, 1.165) is 25.9 Å². The molecule has 7 nitrogen and oxygen atoms in total. The van der Waals surface area contributed by atoms with Gasteiger partial charge < -0.3 is 15.0 Å². The maximum absolute atomic E-state index is 12.8. The zero-order valence-corrected chi connectivity index (χ0v) is 13.1. The molecule has 1 aromatic heterocycles. The molecule has 0 atom stereocenters. The zero-order chi connectivity index (χ0) is 15.6. The summed E-state index contributed by atoms with van der Waals surface area (Å²) >= 11 is 0. The second-order valence-electron chi connectivity index (χ2n) is 5.17. The number of aryl methyl sites for hydroxylation is 1. The summed E-state index contributed by atoms with van der Waals surface area (Å²) in [4.78, 5) is 11.1. The van der Waals surface area contributed by atoms with E-state index < -0.39 is 16.0 Å². The number of sulfonamides is 1. The Labute approximate surface area is 124 Å². The van der Waals surface area contributed by atoms with Gasteiger partial charge in [-0.15, -0.1) is 0 Å². The molecule has 1 aliphatic rings. The van der Waals surface area contributed by atoms with Crippen LogP contribution in [0, 0.1) is 0 Å². The summed E-state index contributed by atoms with van der Waals surface area (Å²) in [6.07, 6.45) is 2.90. The Balaban J connectivity index is 2.34. The van der Waals surface area contributed by atoms with Gasteiger partial charge in [-0.2, -0.15) is 4.31 Å². The molecule has 1 fully saturated rings. The molecular formula is C13H21N3O4S. The Morgan fingerprint density at radius 3 is 2.57 bits per heavy atom. The third-order valence-corrected chi connectivity index (χ3v) is 5.83. The van der Waals surface area contributed by atoms with Gasteiger partial charge in [-0.05, 0) is 32.0 Å². The fourth-order valence-corrected chi connectivity index (χ4v) is 4.51. The Morgan fingerprint density at radius 2 is 2.10 bits per heavy atom. The summed E-state index contributed by atoms with van der Waals surface area (Å²) in [6, 6.07) is 1.19. The number of carbonyl (C=O) groups is 1. The number of carboxylic acid groups (broad SMARTS) is 1. The molecule has 0 amide bonds. The van der Waals surface area contributed by atoms with Gasteiger partial charge in [0.2, 0.25) is 10.0 Å². The largest absolute Gasteiger partial charge is 0.477 e. The van der Waals surface area contributed by atoms with Crippen molar-refractivity contribution in [2.24, 2.45) is 7.05 Å². The Hall–Kier alpha value is -1.38. The maximum Gasteiger partial charge on any atom is 0.352 e. The van der Waals surface area contributed by atoms with Crippen LogP contribution in [0.25, 0.3) is 0 Å². The van der Waals surface area contributed by atoms with Crippen molar-refractivity contribution in [3.63, 3.8) is 0 Å². The van der Waals surface area contributed by atoms with Gasteiger partial charge in [-0.25, -0.2) is 13.2 Å². The molecule has 1 saturated heterocycles. The lowest BCUT2D eigenvalue weighted by atomic mass is 10.1. The van der Waals surface area contributed by atoms with Gasteiger partial charge >= 0.3 is 5.97 Å². The minimum atomic E-state index is -3.66. The van der Waals surface area contributed by atoms with E-state index in [2.05, 4.69) is 5.32 Å². The predicted octanol–water partition coefficient (Wildman–Crippen LogP) is 0.486. The molecule has 2 rings (SSSR count). The summed E-state index contributed by atoms with van der Waals surface area (Å²) in [5, 5.41) is 12.3. The van der Waals surface area contributed by atoms with Gasteiger partial charge in [0, 0.05) is 25.8 Å². The number of piperidine rings is 1. The van der Waals surface area contributed by atoms with Crippen LogP contribution in [0.15, 0.2) is 17.2 Å². The average molecular weight is 315 g/mol. The quantitative estimate of drug-likeness (QED) is 0.825. The minimum absolute atomic E-state index is 0.0325. The van der Waals surface area contributed by atoms with Crippen molar-refractivity contribution >= 4 is 16.0 Å². The number of hydrogen-bond donors (Lipinski definition) is 2. The highest BCUT2D eigenvalue weighted by molar-refractivity contribution is 7.89. The standard InChI is InChI=1S/C13H21N3O4S/c1-3-16(10-4-6-14-7-5-10)21(19,20)11-8-12(13(17)18)15(2)9-11/h8-10,14H,3-7H2,1-2H3,(H,17,18). The maximum atomic E-state index is 12.8. The van der Waals surface area contributed by atoms with Crippen molar-refractivity contribution in [1.82, 2.24) is 14.2 Å². The first-order chi connectivity index (χ1) is 9.87. The molecule has 1 aliphatic heterocycles. The number of rotatable bonds is 5. The molecule has 0 bridgehead atoms. The molecule has 2 N–H and O–H groups in total. The van der Waals surface area contributed by atoms with Crippen LogP contribution in [-0.4, -0.2) is 54.0 Å². The van der Waals surface area contributed by atoms with Crippen molar-refractivity contribution in [1.29, 1.82) is 0 Å². The Morgan fingerprint density at radius 1 is 1.48 bits per heavy atom. The number of aromatic nitrogens is 1. The molecular weight excluding hydrogens is 294 g/mol. The lowest BCUT2D eigenvalue weighted by molar-refractivity contribution is 0.0686. The lowest BCUT2D eigenvalue weighted by Crippen LogP contribution is -2.45. The van der Waals surface area contributed by atoms with Crippen LogP contribution in [0.1, 0.15) is 30.3 Å². The van der Waals surface area contributed by atoms with Gasteiger partial charge in [0.1, 0.15) is 10.6 Å². The first-order valence-electron chi connectivity index (χ1n) is 7.00. The van der Waals surface area contributed by atoms with Crippen molar-refractivity contribution in [2.75, 3.05) is 19.6 Å². The van der Waals surface area contributed by atoms with E-state index in [-0.39, 0.29) is 16.6 Å². The summed E-state index contributed by atoms with van der Waals surface area (Å²) in [6.45, 7) is 3.78. The molecule has 0 aromatic carbocycles. The van der Waals surface area contributed by atoms with Crippen molar-refractivity contribution < 1.29 is 18.3 Å². The molecule has 118 valence electrons. The van der Waals surface area contributed by atoms with Crippen LogP contribution in [0.2, 0.25) is 0 Å². The smallest absolute Gasteiger partial charge is 0.352 e. The molecule has 0 radical (unpaired) electrons. The molecule has 0 unspecified atom stereocenters. The molecule has 2 heterocycles. The van der Waals surface area contributed by atoms with Crippen molar-refractivity contribution in [2.45, 2.75) is 30.7 Å². The Bertz CT molecular complexity index is 617. The number of hydrogen-bond acceptors (Lipinski definition) is 4. The molecule has 1 aromatic rings. The van der Waals surface area contributed by atoms with Crippen molar-refractivity contribution in [3.8, 4) is 0 Å². The second kappa shape index (κ2) is 6.17. The lowest BCUT2D eigenvalue weighted by Gasteiger charge is -2.32. The number of carboxylic acids is 1.